The van der Waals surface area contributed by atoms with Crippen LogP contribution in [0.15, 0.2) is 30.3 Å². The van der Waals surface area contributed by atoms with Gasteiger partial charge in [0.05, 0.1) is 37.2 Å². The van der Waals surface area contributed by atoms with E-state index in [1.807, 2.05) is 0 Å². The summed E-state index contributed by atoms with van der Waals surface area (Å²) in [5, 5.41) is 35.0. The van der Waals surface area contributed by atoms with E-state index in [9.17, 15) is 29.7 Å². The fourth-order valence-corrected chi connectivity index (χ4v) is 12.6. The molecule has 7 rings (SSSR count). The van der Waals surface area contributed by atoms with Gasteiger partial charge in [-0.2, -0.15) is 0 Å². The molecule has 14 atom stereocenters. The van der Waals surface area contributed by atoms with Crippen molar-refractivity contribution in [1.29, 1.82) is 0 Å². The van der Waals surface area contributed by atoms with E-state index in [-0.39, 0.29) is 30.0 Å². The van der Waals surface area contributed by atoms with Crippen LogP contribution in [0.25, 0.3) is 0 Å². The third kappa shape index (κ3) is 4.39. The number of hydrogen-bond donors (Lipinski definition) is 3. The number of esters is 2. The van der Waals surface area contributed by atoms with E-state index in [0.717, 1.165) is 6.42 Å². The number of aliphatic carboxylic acids is 1. The zero-order valence-electron chi connectivity index (χ0n) is 28.8. The normalized spacial score (nSPS) is 45.9. The van der Waals surface area contributed by atoms with Gasteiger partial charge < -0.3 is 43.7 Å². The molecule has 5 aliphatic carbocycles. The molecule has 1 aliphatic heterocycles. The van der Waals surface area contributed by atoms with Crippen molar-refractivity contribution in [3.63, 3.8) is 0 Å². The second-order valence-electron chi connectivity index (χ2n) is 15.1. The molecular weight excluding hydrogens is 638 g/mol. The van der Waals surface area contributed by atoms with Gasteiger partial charge in [-0.25, -0.2) is 4.79 Å². The third-order valence-electron chi connectivity index (χ3n) is 13.6. The van der Waals surface area contributed by atoms with Crippen LogP contribution in [-0.4, -0.2) is 134 Å². The number of carbonyl (C=O) groups is 3. The highest BCUT2D eigenvalue weighted by Gasteiger charge is 2.91. The molecule has 5 saturated carbocycles. The molecule has 1 unspecified atom stereocenters. The highest BCUT2D eigenvalue weighted by molar-refractivity contribution is 5.89. The molecule has 6 aliphatic rings. The molecule has 0 amide bonds. The second-order valence-corrected chi connectivity index (χ2v) is 15.1. The lowest BCUT2D eigenvalue weighted by atomic mass is 9.43. The van der Waals surface area contributed by atoms with E-state index >= 15 is 0 Å². The predicted molar refractivity (Wildman–Crippen MR) is 170 cm³/mol. The number of benzene rings is 1. The number of ether oxygens (including phenoxy) is 6. The van der Waals surface area contributed by atoms with Crippen molar-refractivity contribution in [2.45, 2.75) is 86.8 Å². The molecule has 3 N–H and O–H groups in total. The maximum atomic E-state index is 13.9. The number of carboxylic acid groups (broad SMARTS) is 1. The maximum Gasteiger partial charge on any atom is 0.338 e. The number of aliphatic hydroxyl groups excluding tert-OH is 1. The molecule has 1 spiro atoms. The predicted octanol–water partition coefficient (Wildman–Crippen LogP) is 1.52. The summed E-state index contributed by atoms with van der Waals surface area (Å²) in [6.45, 7) is 3.83. The Labute approximate surface area is 286 Å². The molecule has 6 fully saturated rings. The minimum Gasteiger partial charge on any atom is -0.481 e. The molecular formula is C36H49NO12. The molecule has 7 bridgehead atoms. The molecule has 49 heavy (non-hydrogen) atoms. The minimum absolute atomic E-state index is 0.0744. The Morgan fingerprint density at radius 1 is 0.980 bits per heavy atom. The molecule has 13 heteroatoms. The van der Waals surface area contributed by atoms with Gasteiger partial charge in [-0.05, 0) is 43.9 Å². The zero-order valence-corrected chi connectivity index (χ0v) is 28.8. The van der Waals surface area contributed by atoms with Gasteiger partial charge in [0, 0.05) is 69.6 Å². The highest BCUT2D eigenvalue weighted by Crippen LogP contribution is 2.80. The Morgan fingerprint density at radius 2 is 1.71 bits per heavy atom. The summed E-state index contributed by atoms with van der Waals surface area (Å²) in [6.07, 6.45) is -4.37. The van der Waals surface area contributed by atoms with Gasteiger partial charge in [-0.3, -0.25) is 14.5 Å². The van der Waals surface area contributed by atoms with Crippen molar-refractivity contribution in [1.82, 2.24) is 4.90 Å². The monoisotopic (exact) mass is 687 g/mol. The lowest BCUT2D eigenvalue weighted by Gasteiger charge is -2.69. The number of rotatable bonds is 12. The van der Waals surface area contributed by atoms with Gasteiger partial charge in [-0.1, -0.05) is 25.1 Å². The molecule has 0 aromatic heterocycles. The van der Waals surface area contributed by atoms with Crippen molar-refractivity contribution in [3.8, 4) is 0 Å². The standard InChI is InChI=1S/C36H49NO12/c1-6-37-17-33(18-44-2)15-14-21(45-3)35-20-16-34(43)30(48-32(42)19-10-8-7-9-11-19)24(20)36(29(41)31(34)47-5,49-23(40)13-12-22(38)39)25(28(35)37)26(46-4)27(33)35/h7-11,20-21,24-31,41,43H,6,12-18H2,1-5H3,(H,38,39)/t20-,21+,24-,25+,26+,27-,28?,29+,30-,31+,33+,34-,35+,36-/m1/s1. The number of fused-ring (bicyclic) bond motifs is 2. The van der Waals surface area contributed by atoms with Crippen LogP contribution in [0.1, 0.15) is 49.4 Å². The fourth-order valence-electron chi connectivity index (χ4n) is 12.6. The Morgan fingerprint density at radius 3 is 2.33 bits per heavy atom. The molecule has 1 aromatic rings. The first-order chi connectivity index (χ1) is 23.5. The van der Waals surface area contributed by atoms with E-state index < -0.39 is 95.0 Å². The number of likely N-dealkylation sites (tertiary alicyclic amines) is 1. The number of hydrogen-bond acceptors (Lipinski definition) is 12. The zero-order chi connectivity index (χ0) is 35.1. The number of methoxy groups -OCH3 is 4. The highest BCUT2D eigenvalue weighted by atomic mass is 16.6. The van der Waals surface area contributed by atoms with Crippen molar-refractivity contribution in [3.05, 3.63) is 35.9 Å². The van der Waals surface area contributed by atoms with E-state index in [2.05, 4.69) is 11.8 Å². The Balaban J connectivity index is 1.50. The van der Waals surface area contributed by atoms with Crippen LogP contribution in [0.2, 0.25) is 0 Å². The lowest BCUT2D eigenvalue weighted by Crippen LogP contribution is -2.81. The van der Waals surface area contributed by atoms with Crippen LogP contribution in [0.5, 0.6) is 0 Å². The van der Waals surface area contributed by atoms with E-state index in [1.165, 1.54) is 7.11 Å². The van der Waals surface area contributed by atoms with Gasteiger partial charge in [0.2, 0.25) is 0 Å². The average molecular weight is 688 g/mol. The summed E-state index contributed by atoms with van der Waals surface area (Å²) < 4.78 is 37.8. The molecule has 270 valence electrons. The van der Waals surface area contributed by atoms with Gasteiger partial charge in [0.25, 0.3) is 0 Å². The van der Waals surface area contributed by atoms with Crippen LogP contribution in [-0.2, 0) is 38.0 Å². The Bertz CT molecular complexity index is 1460. The van der Waals surface area contributed by atoms with Crippen molar-refractivity contribution >= 4 is 17.9 Å². The molecule has 1 aromatic carbocycles. The quantitative estimate of drug-likeness (QED) is 0.271. The number of carboxylic acids is 1. The molecule has 13 nitrogen and oxygen atoms in total. The lowest BCUT2D eigenvalue weighted by molar-refractivity contribution is -0.318. The smallest absolute Gasteiger partial charge is 0.338 e. The van der Waals surface area contributed by atoms with Gasteiger partial charge >= 0.3 is 17.9 Å². The van der Waals surface area contributed by atoms with E-state index in [1.54, 1.807) is 51.7 Å². The summed E-state index contributed by atoms with van der Waals surface area (Å²) in [5.41, 5.74) is -4.48. The maximum absolute atomic E-state index is 13.9. The summed E-state index contributed by atoms with van der Waals surface area (Å²) >= 11 is 0. The first-order valence-corrected chi connectivity index (χ1v) is 17.4. The summed E-state index contributed by atoms with van der Waals surface area (Å²) in [4.78, 5) is 41.7. The summed E-state index contributed by atoms with van der Waals surface area (Å²) in [5.74, 6) is -4.95. The van der Waals surface area contributed by atoms with E-state index in [4.69, 9.17) is 28.4 Å². The van der Waals surface area contributed by atoms with Crippen LogP contribution in [0.3, 0.4) is 0 Å². The van der Waals surface area contributed by atoms with Crippen molar-refractivity contribution in [2.75, 3.05) is 48.1 Å². The van der Waals surface area contributed by atoms with Crippen LogP contribution < -0.4 is 0 Å². The van der Waals surface area contributed by atoms with Crippen molar-refractivity contribution < 1.29 is 58.1 Å². The Hall–Kier alpha value is -2.65. The largest absolute Gasteiger partial charge is 0.481 e. The van der Waals surface area contributed by atoms with Gasteiger partial charge in [0.15, 0.2) is 5.60 Å². The topological polar surface area (TPSA) is 171 Å². The van der Waals surface area contributed by atoms with Gasteiger partial charge in [-0.15, -0.1) is 0 Å². The summed E-state index contributed by atoms with van der Waals surface area (Å²) in [6, 6.07) is 8.11. The number of aliphatic hydroxyl groups is 2. The fraction of sp³-hybridized carbons (Fsp3) is 0.750. The van der Waals surface area contributed by atoms with E-state index in [0.29, 0.717) is 26.1 Å². The molecule has 0 radical (unpaired) electrons. The number of carbonyl (C=O) groups excluding carboxylic acids is 2. The minimum atomic E-state index is -1.86. The second kappa shape index (κ2) is 12.2. The molecule has 1 heterocycles. The number of piperidine rings is 1. The van der Waals surface area contributed by atoms with Crippen LogP contribution in [0, 0.1) is 34.5 Å². The van der Waals surface area contributed by atoms with Crippen molar-refractivity contribution in [2.24, 2.45) is 34.5 Å². The van der Waals surface area contributed by atoms with Gasteiger partial charge in [0.1, 0.15) is 23.9 Å². The first-order valence-electron chi connectivity index (χ1n) is 17.4. The van der Waals surface area contributed by atoms with Crippen LogP contribution in [0.4, 0.5) is 0 Å². The number of nitrogens with zero attached hydrogens (tertiary/aromatic N) is 1. The average Bonchev–Trinajstić information content (AvgIpc) is 3.47. The molecule has 1 saturated heterocycles. The third-order valence-corrected chi connectivity index (χ3v) is 13.6. The summed E-state index contributed by atoms with van der Waals surface area (Å²) in [7, 11) is 6.39. The Kier molecular flexibility index (Phi) is 8.69. The van der Waals surface area contributed by atoms with Crippen LogP contribution >= 0.6 is 0 Å². The SMILES string of the molecule is CCN1C[C@]2(COC)CC[C@H](OC)[C@]34C1[C@H]([C@H](OC)[C@H]23)[C@]1(OC(=O)CCC(=O)O)[C@H]2[C@@H](OC(=O)c3ccccc3)[C@](O)(C[C@H]24)[C@@H](OC)[C@@H]1O. The first kappa shape index (κ1) is 34.8.